The third-order valence-corrected chi connectivity index (χ3v) is 3.99. The van der Waals surface area contributed by atoms with E-state index in [0.29, 0.717) is 12.1 Å². The van der Waals surface area contributed by atoms with Crippen LogP contribution in [0.25, 0.3) is 10.2 Å². The van der Waals surface area contributed by atoms with Gasteiger partial charge in [0.1, 0.15) is 0 Å². The number of rotatable bonds is 3. The molecule has 3 rings (SSSR count). The van der Waals surface area contributed by atoms with Crippen molar-refractivity contribution in [2.24, 2.45) is 0 Å². The zero-order valence-electron chi connectivity index (χ0n) is 11.3. The van der Waals surface area contributed by atoms with Gasteiger partial charge in [-0.3, -0.25) is 9.89 Å². The van der Waals surface area contributed by atoms with Crippen molar-refractivity contribution in [1.29, 1.82) is 0 Å². The Bertz CT molecular complexity index is 748. The highest BCUT2D eigenvalue weighted by atomic mass is 32.1. The van der Waals surface area contributed by atoms with Gasteiger partial charge in [0.05, 0.1) is 27.5 Å². The van der Waals surface area contributed by atoms with Gasteiger partial charge in [0.2, 0.25) is 0 Å². The first-order valence-electron chi connectivity index (χ1n) is 6.24. The number of amides is 1. The zero-order valence-corrected chi connectivity index (χ0v) is 12.1. The van der Waals surface area contributed by atoms with E-state index in [-0.39, 0.29) is 5.91 Å². The molecule has 3 aromatic rings. The van der Waals surface area contributed by atoms with Gasteiger partial charge in [-0.1, -0.05) is 0 Å². The van der Waals surface area contributed by atoms with Crippen LogP contribution in [0, 0.1) is 6.92 Å². The molecule has 2 heterocycles. The highest BCUT2D eigenvalue weighted by molar-refractivity contribution is 7.18. The van der Waals surface area contributed by atoms with Crippen molar-refractivity contribution < 1.29 is 4.79 Å². The average molecular weight is 286 g/mol. The summed E-state index contributed by atoms with van der Waals surface area (Å²) in [6, 6.07) is 7.49. The number of benzene rings is 1. The first-order valence-corrected chi connectivity index (χ1v) is 7.06. The van der Waals surface area contributed by atoms with Gasteiger partial charge < -0.3 is 4.90 Å². The molecule has 0 aliphatic rings. The number of nitrogens with zero attached hydrogens (tertiary/aromatic N) is 3. The predicted molar refractivity (Wildman–Crippen MR) is 78.7 cm³/mol. The van der Waals surface area contributed by atoms with Gasteiger partial charge in [0.25, 0.3) is 5.91 Å². The Labute approximate surface area is 120 Å². The van der Waals surface area contributed by atoms with Crippen LogP contribution >= 0.6 is 11.3 Å². The fourth-order valence-electron chi connectivity index (χ4n) is 2.09. The van der Waals surface area contributed by atoms with Crippen LogP contribution in [0.4, 0.5) is 0 Å². The second-order valence-corrected chi connectivity index (χ2v) is 5.89. The minimum absolute atomic E-state index is 0.00690. The van der Waals surface area contributed by atoms with Crippen molar-refractivity contribution in [2.75, 3.05) is 7.05 Å². The van der Waals surface area contributed by atoms with Crippen LogP contribution in [0.5, 0.6) is 0 Å². The van der Waals surface area contributed by atoms with Crippen LogP contribution in [-0.4, -0.2) is 33.0 Å². The predicted octanol–water partition coefficient (Wildman–Crippen LogP) is 2.60. The Hall–Kier alpha value is -2.21. The summed E-state index contributed by atoms with van der Waals surface area (Å²) in [7, 11) is 1.78. The number of hydrogen-bond donors (Lipinski definition) is 1. The van der Waals surface area contributed by atoms with E-state index in [2.05, 4.69) is 15.2 Å². The Balaban J connectivity index is 1.83. The first-order chi connectivity index (χ1) is 9.63. The van der Waals surface area contributed by atoms with Gasteiger partial charge in [-0.2, -0.15) is 5.10 Å². The van der Waals surface area contributed by atoms with Crippen LogP contribution in [0.3, 0.4) is 0 Å². The van der Waals surface area contributed by atoms with Gasteiger partial charge in [0, 0.05) is 18.8 Å². The molecule has 2 aromatic heterocycles. The number of nitrogens with one attached hydrogen (secondary N) is 1. The van der Waals surface area contributed by atoms with Gasteiger partial charge >= 0.3 is 0 Å². The number of aromatic nitrogens is 3. The summed E-state index contributed by atoms with van der Waals surface area (Å²) in [5, 5.41) is 7.75. The standard InChI is InChI=1S/C14H14N4OS/c1-9-16-12-4-3-10(7-13(12)20-9)14(19)18(2)8-11-5-6-15-17-11/h3-7H,8H2,1-2H3,(H,15,17). The zero-order chi connectivity index (χ0) is 14.1. The Morgan fingerprint density at radius 1 is 1.40 bits per heavy atom. The molecule has 0 aliphatic heterocycles. The molecule has 1 amide bonds. The molecule has 0 atom stereocenters. The maximum Gasteiger partial charge on any atom is 0.253 e. The van der Waals surface area contributed by atoms with Crippen molar-refractivity contribution in [1.82, 2.24) is 20.1 Å². The van der Waals surface area contributed by atoms with E-state index >= 15 is 0 Å². The summed E-state index contributed by atoms with van der Waals surface area (Å²) in [6.45, 7) is 2.48. The summed E-state index contributed by atoms with van der Waals surface area (Å²) >= 11 is 1.60. The van der Waals surface area contributed by atoms with Gasteiger partial charge in [-0.15, -0.1) is 11.3 Å². The number of thiazole rings is 1. The molecule has 20 heavy (non-hydrogen) atoms. The number of hydrogen-bond acceptors (Lipinski definition) is 4. The van der Waals surface area contributed by atoms with Gasteiger partial charge in [-0.25, -0.2) is 4.98 Å². The molecule has 0 fully saturated rings. The molecule has 6 heteroatoms. The van der Waals surface area contributed by atoms with Crippen molar-refractivity contribution in [3.05, 3.63) is 46.7 Å². The van der Waals surface area contributed by atoms with Crippen molar-refractivity contribution in [2.45, 2.75) is 13.5 Å². The van der Waals surface area contributed by atoms with E-state index in [0.717, 1.165) is 20.9 Å². The first kappa shape index (κ1) is 12.8. The molecular weight excluding hydrogens is 272 g/mol. The molecule has 0 aliphatic carbocycles. The Kier molecular flexibility index (Phi) is 3.23. The lowest BCUT2D eigenvalue weighted by Gasteiger charge is -2.16. The maximum atomic E-state index is 12.4. The fraction of sp³-hybridized carbons (Fsp3) is 0.214. The summed E-state index contributed by atoms with van der Waals surface area (Å²) in [5.41, 5.74) is 2.54. The second-order valence-electron chi connectivity index (χ2n) is 4.66. The SMILES string of the molecule is Cc1nc2ccc(C(=O)N(C)Cc3ccn[nH]3)cc2s1. The highest BCUT2D eigenvalue weighted by Gasteiger charge is 2.14. The van der Waals surface area contributed by atoms with Crippen LogP contribution in [0.1, 0.15) is 21.1 Å². The minimum Gasteiger partial charge on any atom is -0.336 e. The highest BCUT2D eigenvalue weighted by Crippen LogP contribution is 2.23. The van der Waals surface area contributed by atoms with E-state index in [4.69, 9.17) is 0 Å². The normalized spacial score (nSPS) is 10.9. The summed E-state index contributed by atoms with van der Waals surface area (Å²) in [4.78, 5) is 18.5. The molecular formula is C14H14N4OS. The number of aromatic amines is 1. The average Bonchev–Trinajstić information content (AvgIpc) is 3.04. The lowest BCUT2D eigenvalue weighted by Crippen LogP contribution is -2.26. The van der Waals surface area contributed by atoms with Crippen LogP contribution in [0.15, 0.2) is 30.5 Å². The monoisotopic (exact) mass is 286 g/mol. The third kappa shape index (κ3) is 2.42. The molecule has 0 bridgehead atoms. The molecule has 0 saturated heterocycles. The van der Waals surface area contributed by atoms with Crippen molar-refractivity contribution in [3.8, 4) is 0 Å². The molecule has 102 valence electrons. The van der Waals surface area contributed by atoms with E-state index in [9.17, 15) is 4.79 Å². The molecule has 0 radical (unpaired) electrons. The Morgan fingerprint density at radius 3 is 3.00 bits per heavy atom. The number of fused-ring (bicyclic) bond motifs is 1. The molecule has 5 nitrogen and oxygen atoms in total. The van der Waals surface area contributed by atoms with Crippen molar-refractivity contribution >= 4 is 27.5 Å². The molecule has 1 aromatic carbocycles. The fourth-order valence-corrected chi connectivity index (χ4v) is 2.96. The van der Waals surface area contributed by atoms with E-state index < -0.39 is 0 Å². The molecule has 0 spiro atoms. The summed E-state index contributed by atoms with van der Waals surface area (Å²) in [6.07, 6.45) is 1.68. The molecule has 1 N–H and O–H groups in total. The number of aryl methyl sites for hydroxylation is 1. The quantitative estimate of drug-likeness (QED) is 0.805. The topological polar surface area (TPSA) is 61.9 Å². The minimum atomic E-state index is -0.00690. The Morgan fingerprint density at radius 2 is 2.25 bits per heavy atom. The van der Waals surface area contributed by atoms with Crippen LogP contribution in [-0.2, 0) is 6.54 Å². The lowest BCUT2D eigenvalue weighted by atomic mass is 10.2. The van der Waals surface area contributed by atoms with Crippen LogP contribution in [0.2, 0.25) is 0 Å². The number of carbonyl (C=O) groups excluding carboxylic acids is 1. The summed E-state index contributed by atoms with van der Waals surface area (Å²) < 4.78 is 1.04. The van der Waals surface area contributed by atoms with Gasteiger partial charge in [0.15, 0.2) is 0 Å². The van der Waals surface area contributed by atoms with Crippen LogP contribution < -0.4 is 0 Å². The largest absolute Gasteiger partial charge is 0.336 e. The van der Waals surface area contributed by atoms with Crippen molar-refractivity contribution in [3.63, 3.8) is 0 Å². The molecule has 0 saturated carbocycles. The van der Waals surface area contributed by atoms with E-state index in [1.165, 1.54) is 0 Å². The smallest absolute Gasteiger partial charge is 0.253 e. The number of carbonyl (C=O) groups is 1. The van der Waals surface area contributed by atoms with E-state index in [1.54, 1.807) is 29.5 Å². The second kappa shape index (κ2) is 5.05. The molecule has 0 unspecified atom stereocenters. The third-order valence-electron chi connectivity index (χ3n) is 3.05. The number of H-pyrrole nitrogens is 1. The summed E-state index contributed by atoms with van der Waals surface area (Å²) in [5.74, 6) is -0.00690. The lowest BCUT2D eigenvalue weighted by molar-refractivity contribution is 0.0783. The van der Waals surface area contributed by atoms with Gasteiger partial charge in [-0.05, 0) is 31.2 Å². The van der Waals surface area contributed by atoms with E-state index in [1.807, 2.05) is 31.2 Å². The maximum absolute atomic E-state index is 12.4.